The first kappa shape index (κ1) is 15.6. The molecule has 0 aromatic heterocycles. The van der Waals surface area contributed by atoms with E-state index in [4.69, 9.17) is 0 Å². The minimum Gasteiger partial charge on any atom is -0.147 e. The van der Waals surface area contributed by atoms with Gasteiger partial charge < -0.3 is 0 Å². The van der Waals surface area contributed by atoms with Crippen molar-refractivity contribution in [2.24, 2.45) is 0 Å². The molecule has 0 aromatic carbocycles. The lowest BCUT2D eigenvalue weighted by Crippen LogP contribution is -1.61. The molecule has 0 aromatic rings. The highest BCUT2D eigenvalue weighted by Gasteiger charge is 1.58. The van der Waals surface area contributed by atoms with Crippen LogP contribution in [0.4, 0.5) is 0 Å². The maximum absolute atomic E-state index is 3.23. The van der Waals surface area contributed by atoms with Gasteiger partial charge in [-0.15, -0.1) is 34.1 Å². The molecule has 1 unspecified atom stereocenters. The van der Waals surface area contributed by atoms with E-state index in [-0.39, 0.29) is 24.8 Å². The monoisotopic (exact) mass is 212 g/mol. The summed E-state index contributed by atoms with van der Waals surface area (Å²) >= 11 is 3.23. The number of halogens is 3. The van der Waals surface area contributed by atoms with Crippen molar-refractivity contribution in [1.29, 1.82) is 0 Å². The molecule has 0 spiro atoms. The Morgan fingerprint density at radius 2 is 1.50 bits per heavy atom. The molecule has 0 radical (unpaired) electrons. The maximum Gasteiger partial charge on any atom is 0.00659 e. The average Bonchev–Trinajstić information content (AvgIpc) is 1.37. The first-order valence-corrected chi connectivity index (χ1v) is 3.11. The zero-order valence-electron chi connectivity index (χ0n) is 3.19. The summed E-state index contributed by atoms with van der Waals surface area (Å²) in [6.07, 6.45) is 1.15. The molecule has 0 aliphatic heterocycles. The Morgan fingerprint density at radius 3 is 1.50 bits per heavy atom. The lowest BCUT2D eigenvalue weighted by atomic mass is 11.0. The highest BCUT2D eigenvalue weighted by atomic mass is 79.9. The third-order valence-corrected chi connectivity index (χ3v) is 1.70. The summed E-state index contributed by atoms with van der Waals surface area (Å²) in [4.78, 5) is 0. The zero-order valence-corrected chi connectivity index (χ0v) is 7.56. The molecule has 0 heterocycles. The van der Waals surface area contributed by atoms with Gasteiger partial charge in [0.1, 0.15) is 0 Å². The molecule has 0 aliphatic carbocycles. The molecule has 1 atom stereocenters. The van der Waals surface area contributed by atoms with Crippen molar-refractivity contribution in [2.45, 2.75) is 0 Å². The van der Waals surface area contributed by atoms with Crippen LogP contribution in [-0.4, -0.2) is 11.5 Å². The summed E-state index contributed by atoms with van der Waals surface area (Å²) in [5.41, 5.74) is 0. The van der Waals surface area contributed by atoms with Crippen molar-refractivity contribution in [3.05, 3.63) is 0 Å². The largest absolute Gasteiger partial charge is 0.147 e. The fourth-order valence-electron chi connectivity index (χ4n) is 0. The second-order valence-corrected chi connectivity index (χ2v) is 1.85. The van der Waals surface area contributed by atoms with Crippen molar-refractivity contribution < 1.29 is 0 Å². The molecule has 0 nitrogen and oxygen atoms in total. The average molecular weight is 214 g/mol. The summed E-state index contributed by atoms with van der Waals surface area (Å²) in [6.45, 7) is 0. The van der Waals surface area contributed by atoms with Crippen LogP contribution in [-0.2, 0) is 0 Å². The molecule has 4 heteroatoms. The van der Waals surface area contributed by atoms with Crippen LogP contribution in [0.2, 0.25) is 0 Å². The van der Waals surface area contributed by atoms with Crippen molar-refractivity contribution in [1.82, 2.24) is 0 Å². The molecular formula is C2H8BrCl2P. The van der Waals surface area contributed by atoms with Crippen LogP contribution >= 0.6 is 50.0 Å². The fraction of sp³-hybridized carbons (Fsp3) is 1.00. The van der Waals surface area contributed by atoms with Gasteiger partial charge in [0.2, 0.25) is 0 Å². The Bertz CT molecular complexity index is 13.5. The number of hydrogen-bond donors (Lipinski definition) is 0. The molecule has 0 N–H and O–H groups in total. The molecule has 0 saturated heterocycles. The summed E-state index contributed by atoms with van der Waals surface area (Å²) in [5.74, 6) is 0. The quantitative estimate of drug-likeness (QED) is 0.463. The lowest BCUT2D eigenvalue weighted by molar-refractivity contribution is 1.59. The molecule has 0 saturated carbocycles. The van der Waals surface area contributed by atoms with Crippen LogP contribution in [0.5, 0.6) is 0 Å². The van der Waals surface area contributed by atoms with E-state index in [0.717, 1.165) is 11.5 Å². The number of rotatable bonds is 1. The van der Waals surface area contributed by atoms with Gasteiger partial charge in [-0.2, -0.15) is 0 Å². The predicted octanol–water partition coefficient (Wildman–Crippen LogP) is 2.10. The zero-order chi connectivity index (χ0) is 3.41. The van der Waals surface area contributed by atoms with Crippen LogP contribution < -0.4 is 0 Å². The van der Waals surface area contributed by atoms with Gasteiger partial charge >= 0.3 is 0 Å². The molecule has 0 fully saturated rings. The molecular weight excluding hydrogens is 206 g/mol. The van der Waals surface area contributed by atoms with Crippen LogP contribution in [0.3, 0.4) is 0 Å². The number of hydrogen-bond acceptors (Lipinski definition) is 0. The SMILES string of the molecule is Cl.Cl.PCCBr. The Morgan fingerprint density at radius 1 is 1.33 bits per heavy atom. The Balaban J connectivity index is -0.0000000450. The van der Waals surface area contributed by atoms with E-state index in [9.17, 15) is 0 Å². The number of alkyl halides is 1. The van der Waals surface area contributed by atoms with Gasteiger partial charge in [0.05, 0.1) is 0 Å². The van der Waals surface area contributed by atoms with Gasteiger partial charge in [-0.05, 0) is 6.16 Å². The first-order chi connectivity index (χ1) is 1.91. The third-order valence-electron chi connectivity index (χ3n) is 0.109. The van der Waals surface area contributed by atoms with E-state index >= 15 is 0 Å². The minimum absolute atomic E-state index is 0. The van der Waals surface area contributed by atoms with E-state index in [0.29, 0.717) is 0 Å². The Hall–Kier alpha value is 1.49. The van der Waals surface area contributed by atoms with Crippen molar-refractivity contribution >= 4 is 50.0 Å². The van der Waals surface area contributed by atoms with Crippen molar-refractivity contribution in [3.8, 4) is 0 Å². The van der Waals surface area contributed by atoms with E-state index < -0.39 is 0 Å². The molecule has 0 amide bonds. The smallest absolute Gasteiger partial charge is 0.00659 e. The first-order valence-electron chi connectivity index (χ1n) is 1.18. The van der Waals surface area contributed by atoms with Gasteiger partial charge in [0.25, 0.3) is 0 Å². The molecule has 42 valence electrons. The highest BCUT2D eigenvalue weighted by Crippen LogP contribution is 1.83. The second kappa shape index (κ2) is 16.1. The summed E-state index contributed by atoms with van der Waals surface area (Å²) in [7, 11) is 2.61. The van der Waals surface area contributed by atoms with Crippen LogP contribution in [0.25, 0.3) is 0 Å². The molecule has 6 heavy (non-hydrogen) atoms. The van der Waals surface area contributed by atoms with Crippen molar-refractivity contribution in [3.63, 3.8) is 0 Å². The normalized spacial score (nSPS) is 5.00. The van der Waals surface area contributed by atoms with Gasteiger partial charge in [-0.25, -0.2) is 0 Å². The second-order valence-electron chi connectivity index (χ2n) is 0.478. The van der Waals surface area contributed by atoms with E-state index in [1.165, 1.54) is 0 Å². The molecule has 0 aliphatic rings. The highest BCUT2D eigenvalue weighted by molar-refractivity contribution is 9.09. The molecule has 0 bridgehead atoms. The van der Waals surface area contributed by atoms with Gasteiger partial charge in [0, 0.05) is 5.33 Å². The maximum atomic E-state index is 3.23. The van der Waals surface area contributed by atoms with Gasteiger partial charge in [0.15, 0.2) is 0 Å². The summed E-state index contributed by atoms with van der Waals surface area (Å²) in [5, 5.41) is 1.09. The van der Waals surface area contributed by atoms with Gasteiger partial charge in [-0.3, -0.25) is 0 Å². The van der Waals surface area contributed by atoms with Crippen LogP contribution in [0.1, 0.15) is 0 Å². The van der Waals surface area contributed by atoms with Gasteiger partial charge in [-0.1, -0.05) is 15.9 Å². The summed E-state index contributed by atoms with van der Waals surface area (Å²) in [6, 6.07) is 0. The Kier molecular flexibility index (Phi) is 41.9. The van der Waals surface area contributed by atoms with Crippen molar-refractivity contribution in [2.75, 3.05) is 11.5 Å². The minimum atomic E-state index is 0. The topological polar surface area (TPSA) is 0 Å². The predicted molar refractivity (Wildman–Crippen MR) is 42.9 cm³/mol. The van der Waals surface area contributed by atoms with E-state index in [2.05, 4.69) is 25.2 Å². The van der Waals surface area contributed by atoms with E-state index in [1.807, 2.05) is 0 Å². The third kappa shape index (κ3) is 17.9. The Labute approximate surface area is 61.6 Å². The van der Waals surface area contributed by atoms with Crippen LogP contribution in [0.15, 0.2) is 0 Å². The fourth-order valence-corrected chi connectivity index (χ4v) is 0. The van der Waals surface area contributed by atoms with Crippen LogP contribution in [0, 0.1) is 0 Å². The summed E-state index contributed by atoms with van der Waals surface area (Å²) < 4.78 is 0. The molecule has 0 rings (SSSR count). The van der Waals surface area contributed by atoms with E-state index in [1.54, 1.807) is 0 Å². The lowest BCUT2D eigenvalue weighted by Gasteiger charge is -1.66. The standard InChI is InChI=1S/C2H6BrP.2ClH/c3-1-2-4;;/h1-2,4H2;2*1H.